The summed E-state index contributed by atoms with van der Waals surface area (Å²) in [7, 11) is 0. The Bertz CT molecular complexity index is 1090. The number of ether oxygens (including phenoxy) is 1. The van der Waals surface area contributed by atoms with Gasteiger partial charge < -0.3 is 15.0 Å². The number of nitrogens with zero attached hydrogens (tertiary/aromatic N) is 1. The molecule has 0 unspecified atom stereocenters. The summed E-state index contributed by atoms with van der Waals surface area (Å²) in [6, 6.07) is 30.5. The summed E-state index contributed by atoms with van der Waals surface area (Å²) < 4.78 is 5.52. The first kappa shape index (κ1) is 24.7. The van der Waals surface area contributed by atoms with Gasteiger partial charge in [0.2, 0.25) is 0 Å². The Morgan fingerprint density at radius 2 is 1.43 bits per heavy atom. The van der Waals surface area contributed by atoms with Gasteiger partial charge in [0, 0.05) is 0 Å². The molecule has 5 heteroatoms. The monoisotopic (exact) mass is 484 g/mol. The third kappa shape index (κ3) is 6.37. The molecule has 4 rings (SSSR count). The molecule has 35 heavy (non-hydrogen) atoms. The van der Waals surface area contributed by atoms with Crippen LogP contribution >= 0.6 is 12.2 Å². The van der Waals surface area contributed by atoms with Crippen molar-refractivity contribution in [3.05, 3.63) is 120 Å². The number of nitrogens with one attached hydrogen (secondary N) is 1. The van der Waals surface area contributed by atoms with Gasteiger partial charge in [0.15, 0.2) is 0 Å². The van der Waals surface area contributed by atoms with Crippen LogP contribution in [0.4, 0.5) is 4.79 Å². The fourth-order valence-corrected chi connectivity index (χ4v) is 5.16. The minimum atomic E-state index is -0.478. The Kier molecular flexibility index (Phi) is 8.32. The SMILES string of the molecule is C=C(C)C[C@@H](NC(=O)OCc1ccccc1)C(=S)N1[C@@H](c2ccccc2)CC[C@@H]1c1ccccc1. The maximum Gasteiger partial charge on any atom is 0.408 e. The van der Waals surface area contributed by atoms with Gasteiger partial charge in [-0.1, -0.05) is 109 Å². The molecule has 4 nitrogen and oxygen atoms in total. The van der Waals surface area contributed by atoms with E-state index >= 15 is 0 Å². The maximum absolute atomic E-state index is 12.8. The van der Waals surface area contributed by atoms with Crippen LogP contribution in [0.5, 0.6) is 0 Å². The molecule has 1 fully saturated rings. The lowest BCUT2D eigenvalue weighted by Crippen LogP contribution is -2.48. The first-order chi connectivity index (χ1) is 17.0. The fraction of sp³-hybridized carbons (Fsp3) is 0.267. The zero-order valence-electron chi connectivity index (χ0n) is 20.1. The zero-order chi connectivity index (χ0) is 24.6. The lowest BCUT2D eigenvalue weighted by molar-refractivity contribution is 0.137. The van der Waals surface area contributed by atoms with Gasteiger partial charge in [0.1, 0.15) is 11.6 Å². The standard InChI is InChI=1S/C30H32N2O2S/c1-22(2)20-26(31-30(33)34-21-23-12-6-3-7-13-23)29(35)32-27(24-14-8-4-9-15-24)18-19-28(32)25-16-10-5-11-17-25/h3-17,26-28H,1,18-21H2,2H3,(H,31,33)/t26-,27-,28-/m1/s1. The van der Waals surface area contributed by atoms with Gasteiger partial charge in [-0.25, -0.2) is 4.79 Å². The van der Waals surface area contributed by atoms with E-state index in [4.69, 9.17) is 17.0 Å². The molecule has 3 atom stereocenters. The number of alkyl carbamates (subject to hydrolysis) is 1. The van der Waals surface area contributed by atoms with E-state index in [-0.39, 0.29) is 24.7 Å². The Balaban J connectivity index is 1.57. The van der Waals surface area contributed by atoms with Crippen LogP contribution in [0.2, 0.25) is 0 Å². The normalized spacial score (nSPS) is 18.0. The molecular formula is C30H32N2O2S. The van der Waals surface area contributed by atoms with Crippen LogP contribution in [-0.2, 0) is 11.3 Å². The van der Waals surface area contributed by atoms with Crippen LogP contribution < -0.4 is 5.32 Å². The highest BCUT2D eigenvalue weighted by Crippen LogP contribution is 2.44. The minimum Gasteiger partial charge on any atom is -0.445 e. The molecule has 3 aromatic rings. The van der Waals surface area contributed by atoms with E-state index in [0.29, 0.717) is 11.4 Å². The lowest BCUT2D eigenvalue weighted by Gasteiger charge is -2.37. The molecule has 180 valence electrons. The Morgan fingerprint density at radius 3 is 1.91 bits per heavy atom. The molecule has 0 spiro atoms. The van der Waals surface area contributed by atoms with E-state index in [2.05, 4.69) is 65.3 Å². The topological polar surface area (TPSA) is 41.6 Å². The predicted molar refractivity (Wildman–Crippen MR) is 145 cm³/mol. The Labute approximate surface area is 213 Å². The van der Waals surface area contributed by atoms with Gasteiger partial charge in [-0.15, -0.1) is 6.58 Å². The Morgan fingerprint density at radius 1 is 0.943 bits per heavy atom. The number of likely N-dealkylation sites (tertiary alicyclic amines) is 1. The summed E-state index contributed by atoms with van der Waals surface area (Å²) in [5.74, 6) is 0. The van der Waals surface area contributed by atoms with Crippen molar-refractivity contribution in [2.45, 2.75) is 50.9 Å². The van der Waals surface area contributed by atoms with Crippen molar-refractivity contribution in [3.8, 4) is 0 Å². The molecule has 1 saturated heterocycles. The van der Waals surface area contributed by atoms with Crippen LogP contribution in [0, 0.1) is 0 Å². The summed E-state index contributed by atoms with van der Waals surface area (Å²) in [6.07, 6.45) is 2.05. The van der Waals surface area contributed by atoms with E-state index in [9.17, 15) is 4.79 Å². The molecule has 0 radical (unpaired) electrons. The number of hydrogen-bond donors (Lipinski definition) is 1. The number of carbonyl (C=O) groups is 1. The molecule has 3 aromatic carbocycles. The van der Waals surface area contributed by atoms with Crippen molar-refractivity contribution in [1.29, 1.82) is 0 Å². The van der Waals surface area contributed by atoms with Gasteiger partial charge in [0.05, 0.1) is 18.1 Å². The number of carbonyl (C=O) groups excluding carboxylic acids is 1. The average molecular weight is 485 g/mol. The minimum absolute atomic E-state index is 0.142. The molecule has 1 aliphatic rings. The number of rotatable bonds is 8. The van der Waals surface area contributed by atoms with Gasteiger partial charge >= 0.3 is 6.09 Å². The smallest absolute Gasteiger partial charge is 0.408 e. The van der Waals surface area contributed by atoms with Crippen molar-refractivity contribution in [2.24, 2.45) is 0 Å². The highest BCUT2D eigenvalue weighted by molar-refractivity contribution is 7.80. The highest BCUT2D eigenvalue weighted by atomic mass is 32.1. The van der Waals surface area contributed by atoms with Crippen molar-refractivity contribution in [2.75, 3.05) is 0 Å². The lowest BCUT2D eigenvalue weighted by atomic mass is 10.0. The van der Waals surface area contributed by atoms with Crippen LogP contribution in [0.3, 0.4) is 0 Å². The summed E-state index contributed by atoms with van der Waals surface area (Å²) in [5, 5.41) is 3.03. The fourth-order valence-electron chi connectivity index (χ4n) is 4.76. The molecule has 0 aliphatic carbocycles. The summed E-state index contributed by atoms with van der Waals surface area (Å²) >= 11 is 6.12. The first-order valence-corrected chi connectivity index (χ1v) is 12.5. The largest absolute Gasteiger partial charge is 0.445 e. The first-order valence-electron chi connectivity index (χ1n) is 12.1. The van der Waals surface area contributed by atoms with Crippen molar-refractivity contribution in [1.82, 2.24) is 10.2 Å². The molecule has 0 aromatic heterocycles. The summed E-state index contributed by atoms with van der Waals surface area (Å²) in [6.45, 7) is 6.26. The van der Waals surface area contributed by atoms with Crippen molar-refractivity contribution in [3.63, 3.8) is 0 Å². The second-order valence-corrected chi connectivity index (χ2v) is 9.51. The third-order valence-corrected chi connectivity index (χ3v) is 6.86. The quantitative estimate of drug-likeness (QED) is 0.272. The van der Waals surface area contributed by atoms with E-state index in [1.165, 1.54) is 11.1 Å². The number of thiocarbonyl (C=S) groups is 1. The van der Waals surface area contributed by atoms with Crippen LogP contribution in [-0.4, -0.2) is 22.0 Å². The van der Waals surface area contributed by atoms with Crippen LogP contribution in [0.25, 0.3) is 0 Å². The van der Waals surface area contributed by atoms with E-state index in [1.54, 1.807) is 0 Å². The van der Waals surface area contributed by atoms with Gasteiger partial charge in [-0.3, -0.25) is 0 Å². The number of benzene rings is 3. The predicted octanol–water partition coefficient (Wildman–Crippen LogP) is 7.15. The molecule has 1 heterocycles. The van der Waals surface area contributed by atoms with E-state index < -0.39 is 6.09 Å². The van der Waals surface area contributed by atoms with Crippen molar-refractivity contribution >= 4 is 23.3 Å². The second-order valence-electron chi connectivity index (χ2n) is 9.10. The molecule has 0 saturated carbocycles. The highest BCUT2D eigenvalue weighted by Gasteiger charge is 2.39. The summed E-state index contributed by atoms with van der Waals surface area (Å²) in [5.41, 5.74) is 4.35. The van der Waals surface area contributed by atoms with Crippen LogP contribution in [0.15, 0.2) is 103 Å². The zero-order valence-corrected chi connectivity index (χ0v) is 20.9. The van der Waals surface area contributed by atoms with Crippen LogP contribution in [0.1, 0.15) is 55.0 Å². The molecule has 1 aliphatic heterocycles. The summed E-state index contributed by atoms with van der Waals surface area (Å²) in [4.78, 5) is 15.8. The third-order valence-electron chi connectivity index (χ3n) is 6.36. The van der Waals surface area contributed by atoms with Crippen molar-refractivity contribution < 1.29 is 9.53 Å². The number of hydrogen-bond acceptors (Lipinski definition) is 3. The molecule has 1 N–H and O–H groups in total. The second kappa shape index (κ2) is 11.8. The van der Waals surface area contributed by atoms with Gasteiger partial charge in [-0.2, -0.15) is 0 Å². The maximum atomic E-state index is 12.8. The van der Waals surface area contributed by atoms with E-state index in [1.807, 2.05) is 49.4 Å². The molecular weight excluding hydrogens is 452 g/mol. The number of amides is 1. The molecule has 0 bridgehead atoms. The van der Waals surface area contributed by atoms with Gasteiger partial charge in [0.25, 0.3) is 0 Å². The average Bonchev–Trinajstić information content (AvgIpc) is 3.33. The molecule has 1 amide bonds. The van der Waals surface area contributed by atoms with E-state index in [0.717, 1.165) is 24.0 Å². The van der Waals surface area contributed by atoms with Gasteiger partial charge in [-0.05, 0) is 42.9 Å². The Hall–Kier alpha value is -3.44.